The van der Waals surface area contributed by atoms with Gasteiger partial charge in [-0.15, -0.1) is 5.37 Å². The minimum Gasteiger partial charge on any atom is -0.450 e. The highest BCUT2D eigenvalue weighted by Crippen LogP contribution is 1.83. The number of hydrogen-bond donors (Lipinski definition) is 1. The largest absolute Gasteiger partial charge is 0.450 e. The molecule has 1 nitrogen and oxygen atoms in total. The molecule has 0 aliphatic carbocycles. The van der Waals surface area contributed by atoms with Crippen LogP contribution in [0.5, 0.6) is 0 Å². The SMILES string of the molecule is BC(B)=C(B)BO. The summed E-state index contributed by atoms with van der Waals surface area (Å²) < 4.78 is 0. The van der Waals surface area contributed by atoms with Gasteiger partial charge in [0.05, 0.1) is 0 Å². The molecular formula is C2H8B4O. The van der Waals surface area contributed by atoms with Crippen LogP contribution in [0.3, 0.4) is 0 Å². The zero-order valence-electron chi connectivity index (χ0n) is 5.15. The molecule has 0 aliphatic rings. The second-order valence-electron chi connectivity index (χ2n) is 1.94. The van der Waals surface area contributed by atoms with Crippen LogP contribution >= 0.6 is 0 Å². The van der Waals surface area contributed by atoms with E-state index in [1.54, 1.807) is 0 Å². The van der Waals surface area contributed by atoms with Crippen LogP contribution in [0, 0.1) is 0 Å². The third-order valence-corrected chi connectivity index (χ3v) is 1.09. The summed E-state index contributed by atoms with van der Waals surface area (Å²) in [5.74, 6) is 0. The van der Waals surface area contributed by atoms with Crippen molar-refractivity contribution in [2.75, 3.05) is 0 Å². The Labute approximate surface area is 47.7 Å². The van der Waals surface area contributed by atoms with E-state index in [4.69, 9.17) is 5.02 Å². The Kier molecular flexibility index (Phi) is 3.01. The smallest absolute Gasteiger partial charge is 0.289 e. The highest BCUT2D eigenvalue weighted by atomic mass is 16.2. The van der Waals surface area contributed by atoms with Gasteiger partial charge in [-0.05, 0) is 0 Å². The fraction of sp³-hybridized carbons (Fsp3) is 0. The van der Waals surface area contributed by atoms with Crippen LogP contribution in [0.25, 0.3) is 0 Å². The van der Waals surface area contributed by atoms with Crippen molar-refractivity contribution in [1.29, 1.82) is 0 Å². The third kappa shape index (κ3) is 2.63. The maximum absolute atomic E-state index is 8.45. The van der Waals surface area contributed by atoms with E-state index in [1.165, 1.54) is 5.37 Å². The van der Waals surface area contributed by atoms with Crippen LogP contribution in [0.15, 0.2) is 10.7 Å². The van der Waals surface area contributed by atoms with Crippen molar-refractivity contribution in [3.63, 3.8) is 0 Å². The Morgan fingerprint density at radius 1 is 1.29 bits per heavy atom. The van der Waals surface area contributed by atoms with E-state index in [-0.39, 0.29) is 7.48 Å². The molecule has 34 valence electrons. The van der Waals surface area contributed by atoms with E-state index in [9.17, 15) is 0 Å². The van der Waals surface area contributed by atoms with E-state index in [0.717, 1.165) is 5.37 Å². The van der Waals surface area contributed by atoms with Crippen LogP contribution < -0.4 is 0 Å². The van der Waals surface area contributed by atoms with Gasteiger partial charge in [0, 0.05) is 0 Å². The average Bonchev–Trinajstić information content (AvgIpc) is 1.65. The van der Waals surface area contributed by atoms with Crippen LogP contribution in [0.1, 0.15) is 0 Å². The summed E-state index contributed by atoms with van der Waals surface area (Å²) in [5, 5.41) is 10.7. The lowest BCUT2D eigenvalue weighted by Gasteiger charge is -1.92. The molecule has 0 aromatic heterocycles. The molecule has 1 N–H and O–H groups in total. The van der Waals surface area contributed by atoms with Crippen molar-refractivity contribution in [2.24, 2.45) is 0 Å². The summed E-state index contributed by atoms with van der Waals surface area (Å²) in [4.78, 5) is 0. The first kappa shape index (κ1) is 6.96. The van der Waals surface area contributed by atoms with Gasteiger partial charge in [-0.2, -0.15) is 5.37 Å². The molecule has 5 heteroatoms. The number of hydrogen-bond acceptors (Lipinski definition) is 1. The molecule has 0 aromatic rings. The molecule has 0 saturated heterocycles. The van der Waals surface area contributed by atoms with E-state index in [0.29, 0.717) is 0 Å². The predicted molar refractivity (Wildman–Crippen MR) is 42.0 cm³/mol. The maximum Gasteiger partial charge on any atom is 0.289 e. The highest BCUT2D eigenvalue weighted by Gasteiger charge is 1.87. The quantitative estimate of drug-likeness (QED) is 0.330. The minimum absolute atomic E-state index is 0.197. The molecule has 0 aliphatic heterocycles. The molecule has 0 unspecified atom stereocenters. The molecular weight excluding hydrogens is 83.3 g/mol. The Bertz CT molecular complexity index is 83.7. The lowest BCUT2D eigenvalue weighted by molar-refractivity contribution is 0.613. The lowest BCUT2D eigenvalue weighted by atomic mass is 9.60. The van der Waals surface area contributed by atoms with Gasteiger partial charge >= 0.3 is 0 Å². The average molecular weight is 91.3 g/mol. The topological polar surface area (TPSA) is 20.2 Å². The zero-order chi connectivity index (χ0) is 5.86. The van der Waals surface area contributed by atoms with Crippen molar-refractivity contribution in [3.8, 4) is 0 Å². The zero-order valence-corrected chi connectivity index (χ0v) is 5.15. The normalized spacial score (nSPS) is 7.57. The van der Waals surface area contributed by atoms with Gasteiger partial charge in [0.2, 0.25) is 0 Å². The second-order valence-corrected chi connectivity index (χ2v) is 1.94. The van der Waals surface area contributed by atoms with Crippen molar-refractivity contribution < 1.29 is 5.02 Å². The summed E-state index contributed by atoms with van der Waals surface area (Å²) in [6.07, 6.45) is 0. The van der Waals surface area contributed by atoms with Gasteiger partial charge in [-0.1, -0.05) is 0 Å². The van der Waals surface area contributed by atoms with Crippen molar-refractivity contribution in [1.82, 2.24) is 0 Å². The molecule has 7 heavy (non-hydrogen) atoms. The lowest BCUT2D eigenvalue weighted by Crippen LogP contribution is -1.99. The molecule has 0 atom stereocenters. The first-order chi connectivity index (χ1) is 3.18. The van der Waals surface area contributed by atoms with Gasteiger partial charge in [0.25, 0.3) is 7.48 Å². The predicted octanol–water partition coefficient (Wildman–Crippen LogP) is -3.64. The molecule has 0 amide bonds. The fourth-order valence-corrected chi connectivity index (χ4v) is 0.158. The van der Waals surface area contributed by atoms with Crippen molar-refractivity contribution >= 4 is 31.0 Å². The fourth-order valence-electron chi connectivity index (χ4n) is 0.158. The van der Waals surface area contributed by atoms with E-state index < -0.39 is 0 Å². The molecule has 0 heterocycles. The molecule has 0 radical (unpaired) electrons. The Morgan fingerprint density at radius 3 is 1.71 bits per heavy atom. The van der Waals surface area contributed by atoms with Crippen LogP contribution in [0.4, 0.5) is 0 Å². The van der Waals surface area contributed by atoms with Crippen LogP contribution in [-0.4, -0.2) is 36.0 Å². The second kappa shape index (κ2) is 3.03. The van der Waals surface area contributed by atoms with Crippen molar-refractivity contribution in [2.45, 2.75) is 0 Å². The monoisotopic (exact) mass is 92.1 g/mol. The summed E-state index contributed by atoms with van der Waals surface area (Å²) >= 11 is 0. The molecule has 0 saturated carbocycles. The summed E-state index contributed by atoms with van der Waals surface area (Å²) in [5.41, 5.74) is 0. The first-order valence-corrected chi connectivity index (χ1v) is 2.42. The van der Waals surface area contributed by atoms with Gasteiger partial charge < -0.3 is 5.02 Å². The van der Waals surface area contributed by atoms with Gasteiger partial charge in [-0.3, -0.25) is 0 Å². The first-order valence-electron chi connectivity index (χ1n) is 2.42. The summed E-state index contributed by atoms with van der Waals surface area (Å²) in [6, 6.07) is 0. The Morgan fingerprint density at radius 2 is 1.71 bits per heavy atom. The van der Waals surface area contributed by atoms with E-state index in [2.05, 4.69) is 0 Å². The summed E-state index contributed by atoms with van der Waals surface area (Å²) in [7, 11) is 6.11. The van der Waals surface area contributed by atoms with E-state index in [1.807, 2.05) is 23.5 Å². The molecule has 0 rings (SSSR count). The number of rotatable bonds is 1. The highest BCUT2D eigenvalue weighted by molar-refractivity contribution is 6.64. The molecule has 0 fully saturated rings. The molecule has 0 bridgehead atoms. The summed E-state index contributed by atoms with van der Waals surface area (Å²) in [6.45, 7) is 0. The van der Waals surface area contributed by atoms with Crippen molar-refractivity contribution in [3.05, 3.63) is 10.7 Å². The van der Waals surface area contributed by atoms with Gasteiger partial charge in [0.1, 0.15) is 23.5 Å². The molecule has 0 spiro atoms. The minimum atomic E-state index is 0.197. The maximum atomic E-state index is 8.45. The Balaban J connectivity index is 3.72. The van der Waals surface area contributed by atoms with Gasteiger partial charge in [-0.25, -0.2) is 0 Å². The third-order valence-electron chi connectivity index (χ3n) is 1.09. The van der Waals surface area contributed by atoms with Crippen LogP contribution in [-0.2, 0) is 0 Å². The van der Waals surface area contributed by atoms with Gasteiger partial charge in [0.15, 0.2) is 0 Å². The van der Waals surface area contributed by atoms with E-state index >= 15 is 0 Å². The molecule has 0 aromatic carbocycles. The Hall–Kier alpha value is -0.0403. The standard InChI is InChI=1S/C2H8B4O/c3-1(4)2(5)6-7/h6-7H,3-5H2. The van der Waals surface area contributed by atoms with Crippen LogP contribution in [0.2, 0.25) is 0 Å².